The van der Waals surface area contributed by atoms with Crippen LogP contribution in [0.3, 0.4) is 0 Å². The summed E-state index contributed by atoms with van der Waals surface area (Å²) in [5.41, 5.74) is 1.82. The number of ether oxygens (including phenoxy) is 1. The third kappa shape index (κ3) is 2.62. The average Bonchev–Trinajstić information content (AvgIpc) is 2.92. The molecule has 3 atom stereocenters. The molecule has 1 heterocycles. The predicted octanol–water partition coefficient (Wildman–Crippen LogP) is 3.77. The summed E-state index contributed by atoms with van der Waals surface area (Å²) in [6.07, 6.45) is 2.45. The number of rotatable bonds is 3. The molecule has 2 amide bonds. The van der Waals surface area contributed by atoms with Crippen LogP contribution >= 0.6 is 0 Å². The van der Waals surface area contributed by atoms with Gasteiger partial charge in [0.25, 0.3) is 0 Å². The maximum Gasteiger partial charge on any atom is 0.237 e. The molecule has 0 radical (unpaired) electrons. The minimum absolute atomic E-state index is 0.0778. The molecule has 128 valence electrons. The van der Waals surface area contributed by atoms with Crippen LogP contribution in [0.15, 0.2) is 54.6 Å². The highest BCUT2D eigenvalue weighted by Gasteiger charge is 2.51. The van der Waals surface area contributed by atoms with Crippen molar-refractivity contribution in [3.8, 4) is 5.75 Å². The lowest BCUT2D eigenvalue weighted by atomic mass is 9.73. The summed E-state index contributed by atoms with van der Waals surface area (Å²) in [6, 6.07) is 17.5. The first-order valence-corrected chi connectivity index (χ1v) is 8.76. The highest BCUT2D eigenvalue weighted by atomic mass is 16.5. The Labute approximate surface area is 147 Å². The minimum atomic E-state index is -0.226. The number of carbonyl (C=O) groups is 2. The molecule has 4 rings (SSSR count). The number of amides is 2. The molecule has 1 saturated carbocycles. The van der Waals surface area contributed by atoms with E-state index in [1.807, 2.05) is 30.3 Å². The number of methoxy groups -OCH3 is 1. The van der Waals surface area contributed by atoms with E-state index in [1.165, 1.54) is 10.5 Å². The summed E-state index contributed by atoms with van der Waals surface area (Å²) in [5, 5.41) is 0. The number of hydrogen-bond donors (Lipinski definition) is 0. The van der Waals surface area contributed by atoms with Gasteiger partial charge in [-0.25, -0.2) is 4.90 Å². The Balaban J connectivity index is 1.63. The Morgan fingerprint density at radius 2 is 1.56 bits per heavy atom. The summed E-state index contributed by atoms with van der Waals surface area (Å²) in [4.78, 5) is 27.3. The standard InChI is InChI=1S/C21H21NO3/c1-25-19-10-6-5-9-18(19)22-20(23)16-12-11-15(13-17(16)21(22)24)14-7-3-2-4-8-14/h2-10,15-17H,11-13H2,1H3/t15-,16-,17+/m1/s1. The molecule has 2 fully saturated rings. The number of para-hydroxylation sites is 2. The number of benzene rings is 2. The van der Waals surface area contributed by atoms with Crippen LogP contribution < -0.4 is 9.64 Å². The summed E-state index contributed by atoms with van der Waals surface area (Å²) < 4.78 is 5.35. The van der Waals surface area contributed by atoms with E-state index in [1.54, 1.807) is 19.2 Å². The van der Waals surface area contributed by atoms with Crippen molar-refractivity contribution in [2.75, 3.05) is 12.0 Å². The van der Waals surface area contributed by atoms with Gasteiger partial charge in [-0.05, 0) is 42.9 Å². The fourth-order valence-corrected chi connectivity index (χ4v) is 4.26. The zero-order chi connectivity index (χ0) is 17.4. The van der Waals surface area contributed by atoms with Crippen LogP contribution in [0.25, 0.3) is 0 Å². The fourth-order valence-electron chi connectivity index (χ4n) is 4.26. The van der Waals surface area contributed by atoms with E-state index >= 15 is 0 Å². The first kappa shape index (κ1) is 15.9. The molecule has 4 heteroatoms. The summed E-state index contributed by atoms with van der Waals surface area (Å²) in [6.45, 7) is 0. The smallest absolute Gasteiger partial charge is 0.237 e. The molecule has 0 aromatic heterocycles. The molecule has 0 N–H and O–H groups in total. The Hall–Kier alpha value is -2.62. The summed E-state index contributed by atoms with van der Waals surface area (Å²) in [7, 11) is 1.56. The lowest BCUT2D eigenvalue weighted by Crippen LogP contribution is -2.31. The van der Waals surface area contributed by atoms with Gasteiger partial charge in [0.1, 0.15) is 5.75 Å². The number of carbonyl (C=O) groups excluding carboxylic acids is 2. The molecule has 25 heavy (non-hydrogen) atoms. The fraction of sp³-hybridized carbons (Fsp3) is 0.333. The predicted molar refractivity (Wildman–Crippen MR) is 95.5 cm³/mol. The van der Waals surface area contributed by atoms with Crippen molar-refractivity contribution >= 4 is 17.5 Å². The molecule has 1 saturated heterocycles. The zero-order valence-corrected chi connectivity index (χ0v) is 14.2. The zero-order valence-electron chi connectivity index (χ0n) is 14.2. The van der Waals surface area contributed by atoms with E-state index in [0.717, 1.165) is 19.3 Å². The number of hydrogen-bond acceptors (Lipinski definition) is 3. The second-order valence-corrected chi connectivity index (χ2v) is 6.82. The highest BCUT2D eigenvalue weighted by Crippen LogP contribution is 2.46. The molecule has 4 nitrogen and oxygen atoms in total. The van der Waals surface area contributed by atoms with Crippen LogP contribution in [0, 0.1) is 11.8 Å². The van der Waals surface area contributed by atoms with Crippen molar-refractivity contribution in [3.63, 3.8) is 0 Å². The first-order valence-electron chi connectivity index (χ1n) is 8.76. The van der Waals surface area contributed by atoms with Gasteiger partial charge in [0.15, 0.2) is 0 Å². The maximum absolute atomic E-state index is 13.0. The Kier molecular flexibility index (Phi) is 4.04. The van der Waals surface area contributed by atoms with Gasteiger partial charge in [-0.2, -0.15) is 0 Å². The molecular weight excluding hydrogens is 314 g/mol. The van der Waals surface area contributed by atoms with Crippen LogP contribution in [-0.4, -0.2) is 18.9 Å². The van der Waals surface area contributed by atoms with Gasteiger partial charge >= 0.3 is 0 Å². The Morgan fingerprint density at radius 3 is 2.32 bits per heavy atom. The molecule has 1 aliphatic carbocycles. The third-order valence-corrected chi connectivity index (χ3v) is 5.52. The van der Waals surface area contributed by atoms with Gasteiger partial charge in [0.05, 0.1) is 24.6 Å². The second-order valence-electron chi connectivity index (χ2n) is 6.82. The minimum Gasteiger partial charge on any atom is -0.495 e. The highest BCUT2D eigenvalue weighted by molar-refractivity contribution is 6.22. The molecule has 0 unspecified atom stereocenters. The van der Waals surface area contributed by atoms with Crippen LogP contribution in [0.2, 0.25) is 0 Å². The van der Waals surface area contributed by atoms with Gasteiger partial charge < -0.3 is 4.74 Å². The first-order chi connectivity index (χ1) is 12.2. The van der Waals surface area contributed by atoms with E-state index in [4.69, 9.17) is 4.74 Å². The van der Waals surface area contributed by atoms with E-state index in [-0.39, 0.29) is 23.7 Å². The van der Waals surface area contributed by atoms with Crippen LogP contribution in [0.1, 0.15) is 30.7 Å². The quantitative estimate of drug-likeness (QED) is 0.802. The van der Waals surface area contributed by atoms with Gasteiger partial charge in [-0.15, -0.1) is 0 Å². The second kappa shape index (κ2) is 6.36. The van der Waals surface area contributed by atoms with Crippen molar-refractivity contribution < 1.29 is 14.3 Å². The van der Waals surface area contributed by atoms with Gasteiger partial charge in [-0.1, -0.05) is 42.5 Å². The largest absolute Gasteiger partial charge is 0.495 e. The lowest BCUT2D eigenvalue weighted by molar-refractivity contribution is -0.122. The average molecular weight is 335 g/mol. The third-order valence-electron chi connectivity index (χ3n) is 5.52. The van der Waals surface area contributed by atoms with Crippen molar-refractivity contribution in [3.05, 3.63) is 60.2 Å². The molecule has 0 spiro atoms. The Morgan fingerprint density at radius 1 is 0.880 bits per heavy atom. The van der Waals surface area contributed by atoms with E-state index in [9.17, 15) is 9.59 Å². The van der Waals surface area contributed by atoms with Gasteiger partial charge in [0.2, 0.25) is 11.8 Å². The van der Waals surface area contributed by atoms with Crippen LogP contribution in [0.5, 0.6) is 5.75 Å². The maximum atomic E-state index is 13.0. The van der Waals surface area contributed by atoms with Crippen molar-refractivity contribution in [1.29, 1.82) is 0 Å². The molecular formula is C21H21NO3. The van der Waals surface area contributed by atoms with E-state index in [2.05, 4.69) is 12.1 Å². The number of nitrogens with zero attached hydrogens (tertiary/aromatic N) is 1. The van der Waals surface area contributed by atoms with Crippen molar-refractivity contribution in [2.45, 2.75) is 25.2 Å². The topological polar surface area (TPSA) is 46.6 Å². The van der Waals surface area contributed by atoms with Gasteiger partial charge in [-0.3, -0.25) is 9.59 Å². The molecule has 2 aliphatic rings. The summed E-state index contributed by atoms with van der Waals surface area (Å²) >= 11 is 0. The van der Waals surface area contributed by atoms with E-state index in [0.29, 0.717) is 17.4 Å². The number of anilines is 1. The molecule has 2 aromatic rings. The number of fused-ring (bicyclic) bond motifs is 1. The molecule has 1 aliphatic heterocycles. The number of imide groups is 1. The van der Waals surface area contributed by atoms with E-state index < -0.39 is 0 Å². The molecule has 0 bridgehead atoms. The monoisotopic (exact) mass is 335 g/mol. The van der Waals surface area contributed by atoms with Crippen LogP contribution in [-0.2, 0) is 9.59 Å². The SMILES string of the molecule is COc1ccccc1N1C(=O)[C@H]2C[C@H](c3ccccc3)CC[C@H]2C1=O. The molecule has 2 aromatic carbocycles. The van der Waals surface area contributed by atoms with Gasteiger partial charge in [0, 0.05) is 0 Å². The summed E-state index contributed by atoms with van der Waals surface area (Å²) in [5.74, 6) is 0.319. The van der Waals surface area contributed by atoms with Crippen molar-refractivity contribution in [2.24, 2.45) is 11.8 Å². The normalized spacial score (nSPS) is 25.8. The Bertz CT molecular complexity index is 802. The van der Waals surface area contributed by atoms with Crippen LogP contribution in [0.4, 0.5) is 5.69 Å². The van der Waals surface area contributed by atoms with Crippen molar-refractivity contribution in [1.82, 2.24) is 0 Å². The lowest BCUT2D eigenvalue weighted by Gasteiger charge is -2.28.